The second kappa shape index (κ2) is 5.61. The van der Waals surface area contributed by atoms with E-state index in [-0.39, 0.29) is 5.91 Å². The van der Waals surface area contributed by atoms with Gasteiger partial charge >= 0.3 is 5.97 Å². The average molecular weight is 296 g/mol. The molecule has 0 aliphatic carbocycles. The van der Waals surface area contributed by atoms with Crippen molar-refractivity contribution < 1.29 is 14.7 Å². The van der Waals surface area contributed by atoms with Crippen LogP contribution in [0.15, 0.2) is 42.5 Å². The number of carboxylic acid groups (broad SMARTS) is 1. The normalized spacial score (nSPS) is 14.3. The molecule has 4 N–H and O–H groups in total. The van der Waals surface area contributed by atoms with E-state index in [1.807, 2.05) is 42.5 Å². The smallest absolute Gasteiger partial charge is 0.320 e. The fourth-order valence-corrected chi connectivity index (χ4v) is 2.57. The molecule has 1 amide bonds. The monoisotopic (exact) mass is 296 g/mol. The van der Waals surface area contributed by atoms with E-state index in [1.165, 1.54) is 0 Å². The molecule has 0 unspecified atom stereocenters. The largest absolute Gasteiger partial charge is 0.480 e. The highest BCUT2D eigenvalue weighted by Gasteiger charge is 2.17. The third-order valence-electron chi connectivity index (χ3n) is 3.80. The van der Waals surface area contributed by atoms with Gasteiger partial charge in [0.2, 0.25) is 5.91 Å². The van der Waals surface area contributed by atoms with E-state index in [4.69, 9.17) is 10.8 Å². The summed E-state index contributed by atoms with van der Waals surface area (Å²) < 4.78 is 0. The van der Waals surface area contributed by atoms with Crippen LogP contribution in [0.3, 0.4) is 0 Å². The van der Waals surface area contributed by atoms with Crippen LogP contribution in [0, 0.1) is 0 Å². The molecule has 22 heavy (non-hydrogen) atoms. The summed E-state index contributed by atoms with van der Waals surface area (Å²) in [5.41, 5.74) is 10.3. The number of rotatable bonds is 4. The van der Waals surface area contributed by atoms with Crippen LogP contribution in [0.1, 0.15) is 11.1 Å². The first-order valence-electron chi connectivity index (χ1n) is 7.03. The number of carboxylic acids is 1. The van der Waals surface area contributed by atoms with Crippen molar-refractivity contribution in [1.82, 2.24) is 0 Å². The second-order valence-corrected chi connectivity index (χ2v) is 5.44. The van der Waals surface area contributed by atoms with Gasteiger partial charge in [0.15, 0.2) is 0 Å². The minimum atomic E-state index is -1.00. The Morgan fingerprint density at radius 2 is 1.86 bits per heavy atom. The molecule has 1 aliphatic rings. The molecule has 3 rings (SSSR count). The maximum atomic E-state index is 11.4. The van der Waals surface area contributed by atoms with E-state index in [2.05, 4.69) is 5.32 Å². The molecule has 2 aromatic rings. The molecule has 1 atom stereocenters. The molecule has 0 bridgehead atoms. The molecule has 5 heteroatoms. The van der Waals surface area contributed by atoms with Crippen molar-refractivity contribution in [3.8, 4) is 11.1 Å². The van der Waals surface area contributed by atoms with Crippen molar-refractivity contribution in [2.45, 2.75) is 18.9 Å². The summed E-state index contributed by atoms with van der Waals surface area (Å²) >= 11 is 0. The number of nitrogens with one attached hydrogen (secondary N) is 1. The van der Waals surface area contributed by atoms with Gasteiger partial charge in [-0.05, 0) is 34.7 Å². The number of carbonyl (C=O) groups is 2. The molecule has 1 aliphatic heterocycles. The zero-order valence-electron chi connectivity index (χ0n) is 11.9. The van der Waals surface area contributed by atoms with E-state index >= 15 is 0 Å². The summed E-state index contributed by atoms with van der Waals surface area (Å²) in [4.78, 5) is 22.1. The summed E-state index contributed by atoms with van der Waals surface area (Å²) in [6.45, 7) is 0. The minimum absolute atomic E-state index is 0.0187. The summed E-state index contributed by atoms with van der Waals surface area (Å²) in [6, 6.07) is 12.6. The fourth-order valence-electron chi connectivity index (χ4n) is 2.57. The van der Waals surface area contributed by atoms with Crippen LogP contribution in [0.4, 0.5) is 5.69 Å². The standard InChI is InChI=1S/C17H16N2O3/c18-14(17(21)22)7-10-1-3-11(4-2-10)12-5-6-13-9-16(20)19-15(13)8-12/h1-6,8,14H,7,9,18H2,(H,19,20)(H,21,22)/t14-/m0/s1. The number of carbonyl (C=O) groups excluding carboxylic acids is 1. The first kappa shape index (κ1) is 14.3. The van der Waals surface area contributed by atoms with Gasteiger partial charge in [-0.3, -0.25) is 9.59 Å². The molecular formula is C17H16N2O3. The van der Waals surface area contributed by atoms with Crippen LogP contribution < -0.4 is 11.1 Å². The van der Waals surface area contributed by atoms with Gasteiger partial charge in [-0.2, -0.15) is 0 Å². The van der Waals surface area contributed by atoms with E-state index < -0.39 is 12.0 Å². The summed E-state index contributed by atoms with van der Waals surface area (Å²) in [6.07, 6.45) is 0.734. The van der Waals surface area contributed by atoms with Crippen LogP contribution in [-0.4, -0.2) is 23.0 Å². The third kappa shape index (κ3) is 2.84. The van der Waals surface area contributed by atoms with E-state index in [0.29, 0.717) is 12.8 Å². The summed E-state index contributed by atoms with van der Waals surface area (Å²) in [5, 5.41) is 11.7. The Bertz CT molecular complexity index is 738. The van der Waals surface area contributed by atoms with Crippen molar-refractivity contribution in [2.75, 3.05) is 5.32 Å². The van der Waals surface area contributed by atoms with Crippen molar-refractivity contribution in [2.24, 2.45) is 5.73 Å². The molecule has 0 saturated heterocycles. The van der Waals surface area contributed by atoms with Crippen LogP contribution in [0.5, 0.6) is 0 Å². The first-order chi connectivity index (χ1) is 10.5. The van der Waals surface area contributed by atoms with Gasteiger partial charge in [-0.15, -0.1) is 0 Å². The lowest BCUT2D eigenvalue weighted by Gasteiger charge is -2.08. The Kier molecular flexibility index (Phi) is 3.65. The molecule has 0 radical (unpaired) electrons. The molecule has 112 valence electrons. The maximum absolute atomic E-state index is 11.4. The van der Waals surface area contributed by atoms with Gasteiger partial charge in [0.05, 0.1) is 6.42 Å². The number of hydrogen-bond acceptors (Lipinski definition) is 3. The van der Waals surface area contributed by atoms with Gasteiger partial charge in [-0.25, -0.2) is 0 Å². The number of amides is 1. The molecule has 0 spiro atoms. The van der Waals surface area contributed by atoms with Gasteiger partial charge in [0.25, 0.3) is 0 Å². The predicted octanol–water partition coefficient (Wildman–Crippen LogP) is 1.80. The van der Waals surface area contributed by atoms with Gasteiger partial charge in [0, 0.05) is 5.69 Å². The number of fused-ring (bicyclic) bond motifs is 1. The SMILES string of the molecule is N[C@@H](Cc1ccc(-c2ccc3c(c2)NC(=O)C3)cc1)C(=O)O. The molecule has 0 fully saturated rings. The van der Waals surface area contributed by atoms with Crippen LogP contribution in [0.2, 0.25) is 0 Å². The summed E-state index contributed by atoms with van der Waals surface area (Å²) in [5.74, 6) is -0.983. The Morgan fingerprint density at radius 1 is 1.18 bits per heavy atom. The number of benzene rings is 2. The Labute approximate surface area is 127 Å². The zero-order valence-corrected chi connectivity index (χ0v) is 11.9. The van der Waals surface area contributed by atoms with E-state index in [1.54, 1.807) is 0 Å². The highest BCUT2D eigenvalue weighted by Crippen LogP contribution is 2.29. The van der Waals surface area contributed by atoms with Crippen LogP contribution >= 0.6 is 0 Å². The lowest BCUT2D eigenvalue weighted by molar-refractivity contribution is -0.138. The van der Waals surface area contributed by atoms with E-state index in [0.717, 1.165) is 27.9 Å². The van der Waals surface area contributed by atoms with Gasteiger partial charge < -0.3 is 16.2 Å². The Balaban J connectivity index is 1.80. The predicted molar refractivity (Wildman–Crippen MR) is 83.5 cm³/mol. The molecule has 0 saturated carbocycles. The van der Waals surface area contributed by atoms with Crippen molar-refractivity contribution in [3.63, 3.8) is 0 Å². The molecule has 5 nitrogen and oxygen atoms in total. The molecular weight excluding hydrogens is 280 g/mol. The van der Waals surface area contributed by atoms with Crippen molar-refractivity contribution >= 4 is 17.6 Å². The number of aliphatic carboxylic acids is 1. The molecule has 2 aromatic carbocycles. The van der Waals surface area contributed by atoms with E-state index in [9.17, 15) is 9.59 Å². The molecule has 0 aromatic heterocycles. The third-order valence-corrected chi connectivity index (χ3v) is 3.80. The van der Waals surface area contributed by atoms with Crippen molar-refractivity contribution in [3.05, 3.63) is 53.6 Å². The topological polar surface area (TPSA) is 92.4 Å². The lowest BCUT2D eigenvalue weighted by atomic mass is 9.99. The molecule has 1 heterocycles. The first-order valence-corrected chi connectivity index (χ1v) is 7.03. The van der Waals surface area contributed by atoms with Crippen LogP contribution in [-0.2, 0) is 22.4 Å². The highest BCUT2D eigenvalue weighted by molar-refractivity contribution is 5.99. The van der Waals surface area contributed by atoms with Gasteiger partial charge in [0.1, 0.15) is 6.04 Å². The number of nitrogens with two attached hydrogens (primary N) is 1. The van der Waals surface area contributed by atoms with Crippen molar-refractivity contribution in [1.29, 1.82) is 0 Å². The van der Waals surface area contributed by atoms with Gasteiger partial charge in [-0.1, -0.05) is 36.4 Å². The number of anilines is 1. The second-order valence-electron chi connectivity index (χ2n) is 5.44. The maximum Gasteiger partial charge on any atom is 0.320 e. The average Bonchev–Trinajstić information content (AvgIpc) is 2.87. The summed E-state index contributed by atoms with van der Waals surface area (Å²) in [7, 11) is 0. The fraction of sp³-hybridized carbons (Fsp3) is 0.176. The lowest BCUT2D eigenvalue weighted by Crippen LogP contribution is -2.32. The Morgan fingerprint density at radius 3 is 2.55 bits per heavy atom. The quantitative estimate of drug-likeness (QED) is 0.802. The zero-order chi connectivity index (χ0) is 15.7. The van der Waals surface area contributed by atoms with Crippen LogP contribution in [0.25, 0.3) is 11.1 Å². The number of hydrogen-bond donors (Lipinski definition) is 3. The Hall–Kier alpha value is -2.66. The minimum Gasteiger partial charge on any atom is -0.480 e. The highest BCUT2D eigenvalue weighted by atomic mass is 16.4.